The van der Waals surface area contributed by atoms with Gasteiger partial charge in [0.2, 0.25) is 0 Å². The summed E-state index contributed by atoms with van der Waals surface area (Å²) in [7, 11) is 0. The number of hydrogen-bond acceptors (Lipinski definition) is 5. The van der Waals surface area contributed by atoms with Crippen LogP contribution in [0.25, 0.3) is 0 Å². The Morgan fingerprint density at radius 2 is 2.33 bits per heavy atom. The zero-order valence-corrected chi connectivity index (χ0v) is 10.6. The zero-order valence-electron chi connectivity index (χ0n) is 10.6. The molecule has 3 rings (SSSR count). The molecule has 0 saturated carbocycles. The largest absolute Gasteiger partial charge is 0.392 e. The van der Waals surface area contributed by atoms with Gasteiger partial charge in [-0.15, -0.1) is 10.2 Å². The van der Waals surface area contributed by atoms with Gasteiger partial charge in [-0.2, -0.15) is 0 Å². The molecule has 1 aromatic heterocycles. The molecule has 0 spiro atoms. The van der Waals surface area contributed by atoms with E-state index in [1.807, 2.05) is 6.33 Å². The highest BCUT2D eigenvalue weighted by Gasteiger charge is 2.32. The molecule has 1 unspecified atom stereocenters. The van der Waals surface area contributed by atoms with Gasteiger partial charge in [0.1, 0.15) is 12.2 Å². The van der Waals surface area contributed by atoms with Crippen molar-refractivity contribution in [1.29, 1.82) is 0 Å². The van der Waals surface area contributed by atoms with E-state index in [1.165, 1.54) is 0 Å². The summed E-state index contributed by atoms with van der Waals surface area (Å²) in [6, 6.07) is 0.349. The molecule has 0 bridgehead atoms. The van der Waals surface area contributed by atoms with Crippen molar-refractivity contribution in [2.24, 2.45) is 11.7 Å². The van der Waals surface area contributed by atoms with E-state index in [-0.39, 0.29) is 6.10 Å². The Labute approximate surface area is 107 Å². The first-order chi connectivity index (χ1) is 8.76. The number of aliphatic hydroxyl groups is 1. The Balaban J connectivity index is 1.61. The lowest BCUT2D eigenvalue weighted by Crippen LogP contribution is -2.40. The van der Waals surface area contributed by atoms with Crippen LogP contribution in [0.2, 0.25) is 0 Å². The molecule has 1 fully saturated rings. The first kappa shape index (κ1) is 12.1. The molecule has 0 aromatic carbocycles. The smallest absolute Gasteiger partial charge is 0.132 e. The Morgan fingerprint density at radius 3 is 3.17 bits per heavy atom. The molecule has 1 saturated heterocycles. The van der Waals surface area contributed by atoms with E-state index in [0.717, 1.165) is 44.7 Å². The van der Waals surface area contributed by atoms with E-state index in [1.54, 1.807) is 0 Å². The third-order valence-electron chi connectivity index (χ3n) is 4.20. The van der Waals surface area contributed by atoms with E-state index in [9.17, 15) is 5.11 Å². The fourth-order valence-electron chi connectivity index (χ4n) is 3.23. The van der Waals surface area contributed by atoms with Crippen LogP contribution < -0.4 is 5.73 Å². The summed E-state index contributed by atoms with van der Waals surface area (Å²) in [6.07, 6.45) is 4.60. The van der Waals surface area contributed by atoms with Crippen molar-refractivity contribution in [1.82, 2.24) is 19.7 Å². The average Bonchev–Trinajstić information content (AvgIpc) is 2.95. The molecular formula is C12H21N5O. The summed E-state index contributed by atoms with van der Waals surface area (Å²) in [4.78, 5) is 2.35. The Bertz CT molecular complexity index is 407. The van der Waals surface area contributed by atoms with E-state index < -0.39 is 0 Å². The minimum Gasteiger partial charge on any atom is -0.392 e. The molecule has 18 heavy (non-hydrogen) atoms. The highest BCUT2D eigenvalue weighted by atomic mass is 16.3. The maximum absolute atomic E-state index is 9.73. The van der Waals surface area contributed by atoms with Gasteiger partial charge >= 0.3 is 0 Å². The second kappa shape index (κ2) is 4.95. The third kappa shape index (κ3) is 2.28. The number of aliphatic hydroxyl groups excluding tert-OH is 1. The molecule has 0 aliphatic carbocycles. The van der Waals surface area contributed by atoms with Crippen LogP contribution in [0.4, 0.5) is 0 Å². The number of aromatic nitrogens is 3. The highest BCUT2D eigenvalue weighted by molar-refractivity contribution is 4.93. The van der Waals surface area contributed by atoms with Crippen molar-refractivity contribution < 1.29 is 5.11 Å². The van der Waals surface area contributed by atoms with E-state index in [0.29, 0.717) is 18.5 Å². The van der Waals surface area contributed by atoms with Gasteiger partial charge in [-0.05, 0) is 18.8 Å². The van der Waals surface area contributed by atoms with Crippen LogP contribution in [0.15, 0.2) is 6.33 Å². The van der Waals surface area contributed by atoms with Crippen molar-refractivity contribution in [2.45, 2.75) is 38.0 Å². The molecule has 3 heterocycles. The Morgan fingerprint density at radius 1 is 1.44 bits per heavy atom. The fraction of sp³-hybridized carbons (Fsp3) is 0.833. The standard InChI is InChI=1S/C12H21N5O/c13-4-10-3-11(18)7-16(10)5-9-1-2-12-15-14-8-17(12)6-9/h8-11,18H,1-7,13H2/t9?,10-,11-/m1/s1. The van der Waals surface area contributed by atoms with Gasteiger partial charge in [-0.3, -0.25) is 4.90 Å². The molecule has 100 valence electrons. The molecule has 6 heteroatoms. The molecule has 0 amide bonds. The minimum absolute atomic E-state index is 0.201. The lowest BCUT2D eigenvalue weighted by molar-refractivity contribution is 0.156. The van der Waals surface area contributed by atoms with E-state index >= 15 is 0 Å². The maximum atomic E-state index is 9.73. The first-order valence-corrected chi connectivity index (χ1v) is 6.75. The number of likely N-dealkylation sites (tertiary alicyclic amines) is 1. The molecule has 1 aromatic rings. The first-order valence-electron chi connectivity index (χ1n) is 6.75. The van der Waals surface area contributed by atoms with Gasteiger partial charge in [0.25, 0.3) is 0 Å². The Kier molecular flexibility index (Phi) is 3.32. The summed E-state index contributed by atoms with van der Waals surface area (Å²) in [5.74, 6) is 1.72. The molecule has 6 nitrogen and oxygen atoms in total. The van der Waals surface area contributed by atoms with Gasteiger partial charge in [0, 0.05) is 38.6 Å². The molecular weight excluding hydrogens is 230 g/mol. The van der Waals surface area contributed by atoms with Crippen LogP contribution in [0.5, 0.6) is 0 Å². The maximum Gasteiger partial charge on any atom is 0.132 e. The van der Waals surface area contributed by atoms with Crippen LogP contribution in [0.3, 0.4) is 0 Å². The van der Waals surface area contributed by atoms with Crippen LogP contribution in [0, 0.1) is 5.92 Å². The van der Waals surface area contributed by atoms with Crippen LogP contribution in [-0.2, 0) is 13.0 Å². The van der Waals surface area contributed by atoms with Gasteiger partial charge in [0.05, 0.1) is 6.10 Å². The summed E-state index contributed by atoms with van der Waals surface area (Å²) >= 11 is 0. The number of nitrogens with two attached hydrogens (primary N) is 1. The molecule has 3 atom stereocenters. The summed E-state index contributed by atoms with van der Waals surface area (Å²) in [6.45, 7) is 3.43. The number of nitrogens with zero attached hydrogens (tertiary/aromatic N) is 4. The van der Waals surface area contributed by atoms with Gasteiger partial charge in [0.15, 0.2) is 0 Å². The zero-order chi connectivity index (χ0) is 12.5. The number of aryl methyl sites for hydroxylation is 1. The van der Waals surface area contributed by atoms with Gasteiger partial charge in [-0.25, -0.2) is 0 Å². The summed E-state index contributed by atoms with van der Waals surface area (Å²) in [5, 5.41) is 17.8. The van der Waals surface area contributed by atoms with Crippen molar-refractivity contribution in [3.63, 3.8) is 0 Å². The third-order valence-corrected chi connectivity index (χ3v) is 4.20. The Hall–Kier alpha value is -0.980. The lowest BCUT2D eigenvalue weighted by atomic mass is 9.98. The van der Waals surface area contributed by atoms with Crippen LogP contribution in [0.1, 0.15) is 18.7 Å². The van der Waals surface area contributed by atoms with Crippen LogP contribution >= 0.6 is 0 Å². The second-order valence-corrected chi connectivity index (χ2v) is 5.54. The van der Waals surface area contributed by atoms with Crippen molar-refractivity contribution >= 4 is 0 Å². The molecule has 2 aliphatic rings. The quantitative estimate of drug-likeness (QED) is 0.738. The summed E-state index contributed by atoms with van der Waals surface area (Å²) in [5.41, 5.74) is 5.77. The number of hydrogen-bond donors (Lipinski definition) is 2. The molecule has 3 N–H and O–H groups in total. The van der Waals surface area contributed by atoms with Crippen molar-refractivity contribution in [3.8, 4) is 0 Å². The molecule has 2 aliphatic heterocycles. The number of fused-ring (bicyclic) bond motifs is 1. The number of β-amino-alcohol motifs (C(OH)–C–C–N with tert-alkyl or cyclic N) is 1. The van der Waals surface area contributed by atoms with Gasteiger partial charge in [-0.1, -0.05) is 0 Å². The van der Waals surface area contributed by atoms with Crippen LogP contribution in [-0.4, -0.2) is 56.6 Å². The lowest BCUT2D eigenvalue weighted by Gasteiger charge is -2.30. The van der Waals surface area contributed by atoms with Crippen molar-refractivity contribution in [2.75, 3.05) is 19.6 Å². The SMILES string of the molecule is NC[C@H]1C[C@@H](O)CN1CC1CCc2nncn2C1. The predicted molar refractivity (Wildman–Crippen MR) is 66.9 cm³/mol. The minimum atomic E-state index is -0.201. The van der Waals surface area contributed by atoms with Gasteiger partial charge < -0.3 is 15.4 Å². The average molecular weight is 251 g/mol. The highest BCUT2D eigenvalue weighted by Crippen LogP contribution is 2.23. The van der Waals surface area contributed by atoms with E-state index in [2.05, 4.69) is 19.7 Å². The van der Waals surface area contributed by atoms with E-state index in [4.69, 9.17) is 5.73 Å². The predicted octanol–water partition coefficient (Wildman–Crippen LogP) is -0.766. The normalized spacial score (nSPS) is 32.7. The summed E-state index contributed by atoms with van der Waals surface area (Å²) < 4.78 is 2.15. The number of rotatable bonds is 3. The topological polar surface area (TPSA) is 80.2 Å². The van der Waals surface area contributed by atoms with Crippen molar-refractivity contribution in [3.05, 3.63) is 12.2 Å². The fourth-order valence-corrected chi connectivity index (χ4v) is 3.23. The second-order valence-electron chi connectivity index (χ2n) is 5.54. The monoisotopic (exact) mass is 251 g/mol. The molecule has 0 radical (unpaired) electrons.